The summed E-state index contributed by atoms with van der Waals surface area (Å²) in [6.07, 6.45) is 0. The van der Waals surface area contributed by atoms with Crippen molar-refractivity contribution in [2.24, 2.45) is 0 Å². The van der Waals surface area contributed by atoms with Crippen LogP contribution in [0.2, 0.25) is 0 Å². The normalized spacial score (nSPS) is 12.1. The number of rotatable bonds is 6. The third kappa shape index (κ3) is 3.89. The summed E-state index contributed by atoms with van der Waals surface area (Å²) in [5, 5.41) is 3.43. The molecule has 3 aromatic rings. The summed E-state index contributed by atoms with van der Waals surface area (Å²) in [5.41, 5.74) is 2.84. The summed E-state index contributed by atoms with van der Waals surface area (Å²) in [5.74, 6) is 0.762. The molecule has 2 aromatic carbocycles. The molecule has 1 amide bonds. The lowest BCUT2D eigenvalue weighted by atomic mass is 10.2. The molecule has 0 bridgehead atoms. The molecule has 0 saturated heterocycles. The van der Waals surface area contributed by atoms with Gasteiger partial charge < -0.3 is 15.0 Å². The van der Waals surface area contributed by atoms with Crippen LogP contribution in [0.15, 0.2) is 53.7 Å². The number of H-pyrrole nitrogens is 1. The predicted molar refractivity (Wildman–Crippen MR) is 96.3 cm³/mol. The van der Waals surface area contributed by atoms with E-state index in [0.717, 1.165) is 27.5 Å². The Morgan fingerprint density at radius 2 is 2.08 bits per heavy atom. The van der Waals surface area contributed by atoms with E-state index in [1.165, 1.54) is 11.8 Å². The fraction of sp³-hybridized carbons (Fsp3) is 0.222. The Labute approximate surface area is 144 Å². The van der Waals surface area contributed by atoms with Crippen LogP contribution in [0.25, 0.3) is 11.0 Å². The molecule has 2 N–H and O–H groups in total. The van der Waals surface area contributed by atoms with Crippen LogP contribution in [0.4, 0.5) is 0 Å². The van der Waals surface area contributed by atoms with Gasteiger partial charge in [-0.3, -0.25) is 4.79 Å². The number of carbonyl (C=O) groups excluding carboxylic acids is 1. The Morgan fingerprint density at radius 3 is 2.83 bits per heavy atom. The highest BCUT2D eigenvalue weighted by atomic mass is 32.2. The molecule has 0 aliphatic heterocycles. The molecular weight excluding hydrogens is 322 g/mol. The monoisotopic (exact) mass is 341 g/mol. The average molecular weight is 341 g/mol. The van der Waals surface area contributed by atoms with E-state index in [2.05, 4.69) is 15.3 Å². The summed E-state index contributed by atoms with van der Waals surface area (Å²) in [6.45, 7) is 2.40. The third-order valence-corrected chi connectivity index (χ3v) is 4.62. The third-order valence-electron chi connectivity index (χ3n) is 3.63. The van der Waals surface area contributed by atoms with Crippen molar-refractivity contribution in [3.63, 3.8) is 0 Å². The van der Waals surface area contributed by atoms with E-state index in [1.807, 2.05) is 55.5 Å². The number of ether oxygens (including phenoxy) is 1. The standard InChI is InChI=1S/C18H19N3O2S/c1-12(17(22)19-11-13-6-4-3-5-7-13)24-18-20-15-9-8-14(23-2)10-16(15)21-18/h3-10,12H,11H2,1-2H3,(H,19,22)(H,20,21)/t12-/m0/s1. The van der Waals surface area contributed by atoms with Gasteiger partial charge in [0.25, 0.3) is 0 Å². The number of thioether (sulfide) groups is 1. The van der Waals surface area contributed by atoms with Gasteiger partial charge >= 0.3 is 0 Å². The van der Waals surface area contributed by atoms with Crippen molar-refractivity contribution in [2.75, 3.05) is 7.11 Å². The number of aromatic nitrogens is 2. The van der Waals surface area contributed by atoms with Crippen LogP contribution < -0.4 is 10.1 Å². The number of hydrogen-bond acceptors (Lipinski definition) is 4. The van der Waals surface area contributed by atoms with E-state index in [-0.39, 0.29) is 11.2 Å². The highest BCUT2D eigenvalue weighted by Gasteiger charge is 2.16. The van der Waals surface area contributed by atoms with Crippen LogP contribution in [-0.2, 0) is 11.3 Å². The number of hydrogen-bond donors (Lipinski definition) is 2. The zero-order valence-electron chi connectivity index (χ0n) is 13.6. The number of nitrogens with zero attached hydrogens (tertiary/aromatic N) is 1. The summed E-state index contributed by atoms with van der Waals surface area (Å²) in [4.78, 5) is 20.0. The second-order valence-electron chi connectivity index (χ2n) is 5.39. The molecule has 24 heavy (non-hydrogen) atoms. The van der Waals surface area contributed by atoms with Gasteiger partial charge in [0.15, 0.2) is 5.16 Å². The molecule has 6 heteroatoms. The second kappa shape index (κ2) is 7.40. The van der Waals surface area contributed by atoms with E-state index < -0.39 is 0 Å². The van der Waals surface area contributed by atoms with Crippen LogP contribution in [0.5, 0.6) is 5.75 Å². The van der Waals surface area contributed by atoms with Crippen molar-refractivity contribution in [1.82, 2.24) is 15.3 Å². The number of carbonyl (C=O) groups is 1. The molecule has 5 nitrogen and oxygen atoms in total. The molecular formula is C18H19N3O2S. The summed E-state index contributed by atoms with van der Waals surface area (Å²) < 4.78 is 5.21. The molecule has 0 fully saturated rings. The summed E-state index contributed by atoms with van der Waals surface area (Å²) in [6, 6.07) is 15.5. The highest BCUT2D eigenvalue weighted by Crippen LogP contribution is 2.25. The maximum absolute atomic E-state index is 12.2. The maximum Gasteiger partial charge on any atom is 0.233 e. The van der Waals surface area contributed by atoms with Crippen LogP contribution >= 0.6 is 11.8 Å². The van der Waals surface area contributed by atoms with Gasteiger partial charge in [-0.15, -0.1) is 0 Å². The van der Waals surface area contributed by atoms with Crippen molar-refractivity contribution in [3.05, 3.63) is 54.1 Å². The van der Waals surface area contributed by atoms with Gasteiger partial charge in [-0.2, -0.15) is 0 Å². The van der Waals surface area contributed by atoms with Gasteiger partial charge in [-0.25, -0.2) is 4.98 Å². The number of aromatic amines is 1. The quantitative estimate of drug-likeness (QED) is 0.675. The summed E-state index contributed by atoms with van der Waals surface area (Å²) in [7, 11) is 1.63. The minimum Gasteiger partial charge on any atom is -0.497 e. The number of fused-ring (bicyclic) bond motifs is 1. The van der Waals surface area contributed by atoms with E-state index in [1.54, 1.807) is 7.11 Å². The zero-order valence-corrected chi connectivity index (χ0v) is 14.4. The maximum atomic E-state index is 12.2. The summed E-state index contributed by atoms with van der Waals surface area (Å²) >= 11 is 1.41. The molecule has 0 unspecified atom stereocenters. The largest absolute Gasteiger partial charge is 0.497 e. The average Bonchev–Trinajstić information content (AvgIpc) is 3.01. The van der Waals surface area contributed by atoms with Crippen molar-refractivity contribution >= 4 is 28.7 Å². The molecule has 3 rings (SSSR count). The lowest BCUT2D eigenvalue weighted by molar-refractivity contribution is -0.120. The molecule has 0 saturated carbocycles. The number of imidazole rings is 1. The molecule has 0 aliphatic rings. The van der Waals surface area contributed by atoms with E-state index in [9.17, 15) is 4.79 Å². The van der Waals surface area contributed by atoms with E-state index in [4.69, 9.17) is 4.74 Å². The topological polar surface area (TPSA) is 67.0 Å². The molecule has 1 heterocycles. The number of amides is 1. The fourth-order valence-corrected chi connectivity index (χ4v) is 3.14. The lowest BCUT2D eigenvalue weighted by Gasteiger charge is -2.10. The van der Waals surface area contributed by atoms with Gasteiger partial charge in [0.05, 0.1) is 23.4 Å². The Kier molecular flexibility index (Phi) is 5.05. The Hall–Kier alpha value is -2.47. The molecule has 1 atom stereocenters. The van der Waals surface area contributed by atoms with Crippen LogP contribution in [0.1, 0.15) is 12.5 Å². The Bertz CT molecular complexity index is 833. The first-order valence-corrected chi connectivity index (χ1v) is 8.56. The number of methoxy groups -OCH3 is 1. The molecule has 0 radical (unpaired) electrons. The van der Waals surface area contributed by atoms with Crippen LogP contribution in [0, 0.1) is 0 Å². The van der Waals surface area contributed by atoms with Crippen molar-refractivity contribution in [3.8, 4) is 5.75 Å². The Balaban J connectivity index is 1.61. The van der Waals surface area contributed by atoms with E-state index >= 15 is 0 Å². The van der Waals surface area contributed by atoms with Gasteiger partial charge in [-0.05, 0) is 24.6 Å². The molecule has 0 aliphatic carbocycles. The number of nitrogens with one attached hydrogen (secondary N) is 2. The van der Waals surface area contributed by atoms with Crippen molar-refractivity contribution < 1.29 is 9.53 Å². The minimum atomic E-state index is -0.240. The van der Waals surface area contributed by atoms with Crippen molar-refractivity contribution in [2.45, 2.75) is 23.9 Å². The van der Waals surface area contributed by atoms with Gasteiger partial charge in [0, 0.05) is 12.6 Å². The Morgan fingerprint density at radius 1 is 1.29 bits per heavy atom. The molecule has 0 spiro atoms. The SMILES string of the molecule is COc1ccc2nc(S[C@@H](C)C(=O)NCc3ccccc3)[nH]c2c1. The van der Waals surface area contributed by atoms with Crippen LogP contribution in [-0.4, -0.2) is 28.2 Å². The first kappa shape index (κ1) is 16.4. The highest BCUT2D eigenvalue weighted by molar-refractivity contribution is 8.00. The molecule has 124 valence electrons. The number of benzene rings is 2. The van der Waals surface area contributed by atoms with Crippen molar-refractivity contribution in [1.29, 1.82) is 0 Å². The lowest BCUT2D eigenvalue weighted by Crippen LogP contribution is -2.30. The first-order chi connectivity index (χ1) is 11.7. The fourth-order valence-electron chi connectivity index (χ4n) is 2.30. The van der Waals surface area contributed by atoms with Gasteiger partial charge in [0.2, 0.25) is 5.91 Å². The second-order valence-corrected chi connectivity index (χ2v) is 6.72. The zero-order chi connectivity index (χ0) is 16.9. The smallest absolute Gasteiger partial charge is 0.233 e. The van der Waals surface area contributed by atoms with Gasteiger partial charge in [-0.1, -0.05) is 42.1 Å². The first-order valence-electron chi connectivity index (χ1n) is 7.68. The van der Waals surface area contributed by atoms with E-state index in [0.29, 0.717) is 6.54 Å². The van der Waals surface area contributed by atoms with Crippen LogP contribution in [0.3, 0.4) is 0 Å². The van der Waals surface area contributed by atoms with Gasteiger partial charge in [0.1, 0.15) is 5.75 Å². The molecule has 1 aromatic heterocycles. The minimum absolute atomic E-state index is 0.0121. The predicted octanol–water partition coefficient (Wildman–Crippen LogP) is 3.37.